The van der Waals surface area contributed by atoms with Gasteiger partial charge in [-0.1, -0.05) is 121 Å². The molecule has 220 valence electrons. The Morgan fingerprint density at radius 1 is 0.500 bits per heavy atom. The molecule has 0 saturated carbocycles. The molecule has 8 heteroatoms. The highest BCUT2D eigenvalue weighted by Gasteiger charge is 2.31. The largest absolute Gasteiger partial charge is 0.328 e. The molecule has 0 atom stereocenters. The van der Waals surface area contributed by atoms with Crippen LogP contribution in [0, 0.1) is 0 Å². The van der Waals surface area contributed by atoms with Crippen molar-refractivity contribution in [2.45, 2.75) is 12.8 Å². The van der Waals surface area contributed by atoms with Crippen LogP contribution in [0.2, 0.25) is 0 Å². The number of rotatable bonds is 8. The van der Waals surface area contributed by atoms with Gasteiger partial charge in [-0.2, -0.15) is 0 Å². The number of benzene rings is 4. The fraction of sp³-hybridized carbons (Fsp3) is 0.111. The molecule has 2 aliphatic rings. The van der Waals surface area contributed by atoms with Crippen LogP contribution in [0.15, 0.2) is 133 Å². The van der Waals surface area contributed by atoms with Crippen molar-refractivity contribution >= 4 is 58.6 Å². The van der Waals surface area contributed by atoms with Crippen molar-refractivity contribution in [1.29, 1.82) is 0 Å². The highest BCUT2D eigenvalue weighted by atomic mass is 32.1. The summed E-state index contributed by atoms with van der Waals surface area (Å²) in [6.07, 6.45) is 5.23. The van der Waals surface area contributed by atoms with Crippen LogP contribution in [0.5, 0.6) is 0 Å². The SMILES string of the molecule is O=C1/C(=C/c2ccccc2)NC(=S)N1CCc1ccccc1.O=C1/C(=C/c2ccccc2)NC(=S)N1CCc1ccccc1. The van der Waals surface area contributed by atoms with Gasteiger partial charge in [0.2, 0.25) is 0 Å². The standard InChI is InChI=1S/2C18H16N2OS/c2*21-17-16(13-15-9-5-2-6-10-15)19-18(22)20(17)12-11-14-7-3-1-4-8-14/h2*1-10,13H,11-12H2,(H,19,22)/b2*16-13-. The first-order valence-corrected chi connectivity index (χ1v) is 15.2. The smallest absolute Gasteiger partial charge is 0.276 e. The molecule has 0 unspecified atom stereocenters. The van der Waals surface area contributed by atoms with Crippen molar-refractivity contribution in [2.24, 2.45) is 0 Å². The minimum atomic E-state index is -0.0650. The van der Waals surface area contributed by atoms with Gasteiger partial charge >= 0.3 is 0 Å². The van der Waals surface area contributed by atoms with Gasteiger partial charge in [0.05, 0.1) is 0 Å². The second kappa shape index (κ2) is 15.0. The Kier molecular flexibility index (Phi) is 10.4. The van der Waals surface area contributed by atoms with E-state index in [1.807, 2.05) is 109 Å². The predicted octanol–water partition coefficient (Wildman–Crippen LogP) is 5.97. The average molecular weight is 617 g/mol. The molecule has 4 aromatic carbocycles. The summed E-state index contributed by atoms with van der Waals surface area (Å²) in [5.74, 6) is -0.130. The maximum absolute atomic E-state index is 12.4. The third kappa shape index (κ3) is 8.12. The number of nitrogens with one attached hydrogen (secondary N) is 2. The minimum Gasteiger partial charge on any atom is -0.328 e. The van der Waals surface area contributed by atoms with Gasteiger partial charge in [-0.25, -0.2) is 0 Å². The zero-order chi connectivity index (χ0) is 30.7. The fourth-order valence-corrected chi connectivity index (χ4v) is 5.32. The molecule has 0 radical (unpaired) electrons. The van der Waals surface area contributed by atoms with Crippen molar-refractivity contribution in [3.63, 3.8) is 0 Å². The van der Waals surface area contributed by atoms with Gasteiger partial charge in [0.15, 0.2) is 10.2 Å². The number of hydrogen-bond acceptors (Lipinski definition) is 4. The van der Waals surface area contributed by atoms with E-state index in [4.69, 9.17) is 24.4 Å². The summed E-state index contributed by atoms with van der Waals surface area (Å²) in [5.41, 5.74) is 5.41. The molecule has 4 aromatic rings. The Bertz CT molecular complexity index is 1550. The highest BCUT2D eigenvalue weighted by molar-refractivity contribution is 7.80. The number of carbonyl (C=O) groups excluding carboxylic acids is 2. The Morgan fingerprint density at radius 2 is 0.818 bits per heavy atom. The summed E-state index contributed by atoms with van der Waals surface area (Å²) in [5, 5.41) is 6.97. The number of thiocarbonyl (C=S) groups is 2. The van der Waals surface area contributed by atoms with Gasteiger partial charge in [-0.05, 0) is 71.7 Å². The van der Waals surface area contributed by atoms with Gasteiger partial charge in [-0.15, -0.1) is 0 Å². The van der Waals surface area contributed by atoms with E-state index in [9.17, 15) is 9.59 Å². The zero-order valence-corrected chi connectivity index (χ0v) is 25.7. The van der Waals surface area contributed by atoms with E-state index in [-0.39, 0.29) is 11.8 Å². The van der Waals surface area contributed by atoms with E-state index in [1.54, 1.807) is 9.80 Å². The molecule has 6 rings (SSSR count). The summed E-state index contributed by atoms with van der Waals surface area (Å²) in [7, 11) is 0. The lowest BCUT2D eigenvalue weighted by molar-refractivity contribution is -0.123. The molecule has 6 nitrogen and oxygen atoms in total. The summed E-state index contributed by atoms with van der Waals surface area (Å²) < 4.78 is 0. The first kappa shape index (κ1) is 30.5. The third-order valence-corrected chi connectivity index (χ3v) is 7.72. The van der Waals surface area contributed by atoms with E-state index in [1.165, 1.54) is 11.1 Å². The molecule has 2 amide bonds. The molecule has 0 spiro atoms. The highest BCUT2D eigenvalue weighted by Crippen LogP contribution is 2.16. The zero-order valence-electron chi connectivity index (χ0n) is 24.1. The van der Waals surface area contributed by atoms with Crippen LogP contribution < -0.4 is 10.6 Å². The van der Waals surface area contributed by atoms with E-state index in [2.05, 4.69) is 34.9 Å². The molecule has 0 bridgehead atoms. The van der Waals surface area contributed by atoms with Crippen LogP contribution in [0.3, 0.4) is 0 Å². The minimum absolute atomic E-state index is 0.0650. The molecular formula is C36H32N4O2S2. The van der Waals surface area contributed by atoms with E-state index in [0.29, 0.717) is 34.7 Å². The van der Waals surface area contributed by atoms with Crippen molar-refractivity contribution in [3.05, 3.63) is 155 Å². The summed E-state index contributed by atoms with van der Waals surface area (Å²) in [6, 6.07) is 39.7. The second-order valence-electron chi connectivity index (χ2n) is 10.2. The Labute approximate surface area is 268 Å². The van der Waals surface area contributed by atoms with Crippen LogP contribution >= 0.6 is 24.4 Å². The quantitative estimate of drug-likeness (QED) is 0.188. The Hall–Kier alpha value is -4.92. The van der Waals surface area contributed by atoms with E-state index >= 15 is 0 Å². The topological polar surface area (TPSA) is 64.7 Å². The van der Waals surface area contributed by atoms with E-state index in [0.717, 1.165) is 24.0 Å². The molecule has 2 aliphatic heterocycles. The van der Waals surface area contributed by atoms with Crippen LogP contribution in [0.1, 0.15) is 22.3 Å². The molecule has 44 heavy (non-hydrogen) atoms. The maximum Gasteiger partial charge on any atom is 0.276 e. The molecule has 2 fully saturated rings. The molecule has 2 heterocycles. The van der Waals surface area contributed by atoms with Gasteiger partial charge < -0.3 is 10.6 Å². The van der Waals surface area contributed by atoms with E-state index < -0.39 is 0 Å². The van der Waals surface area contributed by atoms with Crippen molar-refractivity contribution in [1.82, 2.24) is 20.4 Å². The lowest BCUT2D eigenvalue weighted by Crippen LogP contribution is -2.32. The number of carbonyl (C=O) groups is 2. The lowest BCUT2D eigenvalue weighted by Gasteiger charge is -2.13. The van der Waals surface area contributed by atoms with Gasteiger partial charge in [0.1, 0.15) is 11.4 Å². The Morgan fingerprint density at radius 3 is 1.16 bits per heavy atom. The Balaban J connectivity index is 0.000000175. The molecule has 0 aliphatic carbocycles. The first-order chi connectivity index (χ1) is 21.5. The number of nitrogens with zero attached hydrogens (tertiary/aromatic N) is 2. The summed E-state index contributed by atoms with van der Waals surface area (Å²) >= 11 is 10.6. The normalized spacial score (nSPS) is 16.2. The predicted molar refractivity (Wildman–Crippen MR) is 184 cm³/mol. The van der Waals surface area contributed by atoms with Crippen molar-refractivity contribution in [2.75, 3.05) is 13.1 Å². The fourth-order valence-electron chi connectivity index (χ4n) is 4.75. The average Bonchev–Trinajstić information content (AvgIpc) is 3.48. The van der Waals surface area contributed by atoms with Gasteiger partial charge in [-0.3, -0.25) is 19.4 Å². The summed E-state index contributed by atoms with van der Waals surface area (Å²) in [4.78, 5) is 28.1. The van der Waals surface area contributed by atoms with Crippen LogP contribution in [-0.4, -0.2) is 44.9 Å². The van der Waals surface area contributed by atoms with Crippen LogP contribution in [-0.2, 0) is 22.4 Å². The molecule has 0 aromatic heterocycles. The van der Waals surface area contributed by atoms with Crippen molar-refractivity contribution < 1.29 is 9.59 Å². The third-order valence-electron chi connectivity index (χ3n) is 7.08. The lowest BCUT2D eigenvalue weighted by atomic mass is 10.1. The monoisotopic (exact) mass is 616 g/mol. The van der Waals surface area contributed by atoms with Gasteiger partial charge in [0.25, 0.3) is 11.8 Å². The molecule has 2 saturated heterocycles. The van der Waals surface area contributed by atoms with Gasteiger partial charge in [0, 0.05) is 13.1 Å². The number of amides is 2. The molecule has 2 N–H and O–H groups in total. The van der Waals surface area contributed by atoms with Crippen LogP contribution in [0.4, 0.5) is 0 Å². The second-order valence-corrected chi connectivity index (χ2v) is 11.0. The first-order valence-electron chi connectivity index (χ1n) is 14.3. The molecular weight excluding hydrogens is 585 g/mol. The van der Waals surface area contributed by atoms with Crippen LogP contribution in [0.25, 0.3) is 12.2 Å². The van der Waals surface area contributed by atoms with Crippen molar-refractivity contribution in [3.8, 4) is 0 Å². The maximum atomic E-state index is 12.4. The number of hydrogen-bond donors (Lipinski definition) is 2. The summed E-state index contributed by atoms with van der Waals surface area (Å²) in [6.45, 7) is 1.17.